The summed E-state index contributed by atoms with van der Waals surface area (Å²) in [6, 6.07) is 0. The van der Waals surface area contributed by atoms with Crippen molar-refractivity contribution in [2.45, 2.75) is 46.1 Å². The van der Waals surface area contributed by atoms with Crippen LogP contribution in [-0.4, -0.2) is 22.8 Å². The fraction of sp³-hybridized carbons (Fsp3) is 0.667. The van der Waals surface area contributed by atoms with E-state index in [0.29, 0.717) is 0 Å². The zero-order valence-corrected chi connectivity index (χ0v) is 10.5. The molecule has 0 aliphatic carbocycles. The average molecular weight is 240 g/mol. The van der Waals surface area contributed by atoms with Crippen molar-refractivity contribution in [1.82, 2.24) is 10.5 Å². The van der Waals surface area contributed by atoms with Crippen molar-refractivity contribution in [2.75, 3.05) is 6.54 Å². The highest BCUT2D eigenvalue weighted by atomic mass is 16.5. The molecule has 1 rings (SSSR count). The van der Waals surface area contributed by atoms with E-state index in [4.69, 9.17) is 9.63 Å². The van der Waals surface area contributed by atoms with Crippen LogP contribution in [0.15, 0.2) is 4.52 Å². The van der Waals surface area contributed by atoms with Gasteiger partial charge in [-0.05, 0) is 33.2 Å². The van der Waals surface area contributed by atoms with Crippen LogP contribution < -0.4 is 5.32 Å². The minimum atomic E-state index is -0.714. The van der Waals surface area contributed by atoms with Crippen LogP contribution in [0, 0.1) is 13.8 Å². The number of rotatable bonds is 8. The fourth-order valence-corrected chi connectivity index (χ4v) is 1.67. The second kappa shape index (κ2) is 7.06. The smallest absolute Gasteiger partial charge is 0.303 e. The molecule has 0 bridgehead atoms. The molecule has 0 radical (unpaired) electrons. The number of carbonyl (C=O) groups is 1. The van der Waals surface area contributed by atoms with E-state index in [0.717, 1.165) is 49.4 Å². The number of nitrogens with zero attached hydrogens (tertiary/aromatic N) is 1. The second-order valence-electron chi connectivity index (χ2n) is 4.18. The van der Waals surface area contributed by atoms with Gasteiger partial charge in [0.2, 0.25) is 0 Å². The molecule has 0 saturated carbocycles. The van der Waals surface area contributed by atoms with E-state index in [2.05, 4.69) is 10.5 Å². The lowest BCUT2D eigenvalue weighted by molar-refractivity contribution is -0.137. The molecule has 1 heterocycles. The van der Waals surface area contributed by atoms with Crippen LogP contribution in [0.1, 0.15) is 42.7 Å². The molecular formula is C12H20N2O3. The van der Waals surface area contributed by atoms with Crippen molar-refractivity contribution in [1.29, 1.82) is 0 Å². The molecule has 0 fully saturated rings. The number of hydrogen-bond acceptors (Lipinski definition) is 4. The molecule has 5 nitrogen and oxygen atoms in total. The molecule has 0 aromatic carbocycles. The lowest BCUT2D eigenvalue weighted by atomic mass is 10.2. The molecule has 5 heteroatoms. The molecule has 0 atom stereocenters. The molecule has 0 aliphatic rings. The van der Waals surface area contributed by atoms with Crippen molar-refractivity contribution in [2.24, 2.45) is 0 Å². The molecule has 2 N–H and O–H groups in total. The minimum Gasteiger partial charge on any atom is -0.481 e. The van der Waals surface area contributed by atoms with Gasteiger partial charge in [0.05, 0.1) is 5.69 Å². The van der Waals surface area contributed by atoms with Crippen molar-refractivity contribution >= 4 is 5.97 Å². The predicted octanol–water partition coefficient (Wildman–Crippen LogP) is 2.03. The van der Waals surface area contributed by atoms with Gasteiger partial charge in [-0.3, -0.25) is 4.79 Å². The summed E-state index contributed by atoms with van der Waals surface area (Å²) >= 11 is 0. The Kier molecular flexibility index (Phi) is 5.69. The van der Waals surface area contributed by atoms with Crippen molar-refractivity contribution in [3.8, 4) is 0 Å². The van der Waals surface area contributed by atoms with Gasteiger partial charge in [-0.1, -0.05) is 11.6 Å². The highest BCUT2D eigenvalue weighted by Crippen LogP contribution is 2.11. The van der Waals surface area contributed by atoms with Crippen LogP contribution in [0.25, 0.3) is 0 Å². The summed E-state index contributed by atoms with van der Waals surface area (Å²) in [5.74, 6) is 0.148. The normalized spacial score (nSPS) is 10.7. The summed E-state index contributed by atoms with van der Waals surface area (Å²) in [5, 5.41) is 15.7. The van der Waals surface area contributed by atoms with Crippen LogP contribution in [0.5, 0.6) is 0 Å². The number of carboxylic acids is 1. The summed E-state index contributed by atoms with van der Waals surface area (Å²) in [6.07, 6.45) is 2.96. The third kappa shape index (κ3) is 4.99. The van der Waals surface area contributed by atoms with E-state index < -0.39 is 5.97 Å². The van der Waals surface area contributed by atoms with Gasteiger partial charge < -0.3 is 14.9 Å². The van der Waals surface area contributed by atoms with Gasteiger partial charge in [0.15, 0.2) is 0 Å². The average Bonchev–Trinajstić information content (AvgIpc) is 2.58. The maximum Gasteiger partial charge on any atom is 0.303 e. The molecule has 1 aromatic heterocycles. The highest BCUT2D eigenvalue weighted by Gasteiger charge is 2.07. The van der Waals surface area contributed by atoms with E-state index in [9.17, 15) is 4.79 Å². The molecule has 1 aromatic rings. The Labute approximate surface area is 101 Å². The van der Waals surface area contributed by atoms with Gasteiger partial charge in [-0.2, -0.15) is 0 Å². The number of unbranched alkanes of at least 4 members (excludes halogenated alkanes) is 2. The Morgan fingerprint density at radius 2 is 2.12 bits per heavy atom. The van der Waals surface area contributed by atoms with E-state index in [1.165, 1.54) is 0 Å². The Hall–Kier alpha value is -1.36. The Morgan fingerprint density at radius 1 is 1.35 bits per heavy atom. The van der Waals surface area contributed by atoms with Crippen LogP contribution in [-0.2, 0) is 11.3 Å². The second-order valence-corrected chi connectivity index (χ2v) is 4.18. The number of nitrogens with one attached hydrogen (secondary N) is 1. The van der Waals surface area contributed by atoms with E-state index in [-0.39, 0.29) is 6.42 Å². The van der Waals surface area contributed by atoms with Crippen molar-refractivity contribution in [3.63, 3.8) is 0 Å². The van der Waals surface area contributed by atoms with E-state index >= 15 is 0 Å². The topological polar surface area (TPSA) is 75.4 Å². The molecule has 0 amide bonds. The van der Waals surface area contributed by atoms with Gasteiger partial charge >= 0.3 is 5.97 Å². The van der Waals surface area contributed by atoms with E-state index in [1.54, 1.807) is 0 Å². The Morgan fingerprint density at radius 3 is 2.71 bits per heavy atom. The Bertz CT molecular complexity index is 341. The number of aryl methyl sites for hydroxylation is 2. The molecule has 0 saturated heterocycles. The van der Waals surface area contributed by atoms with Gasteiger partial charge in [0.1, 0.15) is 5.76 Å². The van der Waals surface area contributed by atoms with Crippen LogP contribution >= 0.6 is 0 Å². The van der Waals surface area contributed by atoms with Crippen molar-refractivity contribution < 1.29 is 14.4 Å². The SMILES string of the molecule is Cc1noc(C)c1CNCCCCCC(=O)O. The van der Waals surface area contributed by atoms with Crippen molar-refractivity contribution in [3.05, 3.63) is 17.0 Å². The maximum atomic E-state index is 10.3. The van der Waals surface area contributed by atoms with Crippen LogP contribution in [0.2, 0.25) is 0 Å². The van der Waals surface area contributed by atoms with E-state index in [1.807, 2.05) is 13.8 Å². The summed E-state index contributed by atoms with van der Waals surface area (Å²) in [4.78, 5) is 10.3. The summed E-state index contributed by atoms with van der Waals surface area (Å²) in [7, 11) is 0. The number of hydrogen-bond donors (Lipinski definition) is 2. The summed E-state index contributed by atoms with van der Waals surface area (Å²) in [6.45, 7) is 5.49. The zero-order chi connectivity index (χ0) is 12.7. The Balaban J connectivity index is 2.07. The first-order chi connectivity index (χ1) is 8.11. The van der Waals surface area contributed by atoms with Gasteiger partial charge in [-0.15, -0.1) is 0 Å². The molecule has 96 valence electrons. The fourth-order valence-electron chi connectivity index (χ4n) is 1.67. The first-order valence-electron chi connectivity index (χ1n) is 5.95. The molecule has 0 unspecified atom stereocenters. The van der Waals surface area contributed by atoms with Crippen LogP contribution in [0.3, 0.4) is 0 Å². The standard InChI is InChI=1S/C12H20N2O3/c1-9-11(10(2)17-14-9)8-13-7-5-3-4-6-12(15)16/h13H,3-8H2,1-2H3,(H,15,16). The summed E-state index contributed by atoms with van der Waals surface area (Å²) < 4.78 is 5.06. The molecule has 17 heavy (non-hydrogen) atoms. The zero-order valence-electron chi connectivity index (χ0n) is 10.5. The lowest BCUT2D eigenvalue weighted by Crippen LogP contribution is -2.15. The number of aliphatic carboxylic acids is 1. The summed E-state index contributed by atoms with van der Waals surface area (Å²) in [5.41, 5.74) is 2.05. The maximum absolute atomic E-state index is 10.3. The number of aromatic nitrogens is 1. The number of carboxylic acid groups (broad SMARTS) is 1. The third-order valence-electron chi connectivity index (χ3n) is 2.73. The quantitative estimate of drug-likeness (QED) is 0.680. The third-order valence-corrected chi connectivity index (χ3v) is 2.73. The highest BCUT2D eigenvalue weighted by molar-refractivity contribution is 5.66. The molecular weight excluding hydrogens is 220 g/mol. The first kappa shape index (κ1) is 13.7. The minimum absolute atomic E-state index is 0.268. The first-order valence-corrected chi connectivity index (χ1v) is 5.95. The molecule has 0 aliphatic heterocycles. The van der Waals surface area contributed by atoms with Gasteiger partial charge in [-0.25, -0.2) is 0 Å². The van der Waals surface area contributed by atoms with Gasteiger partial charge in [0.25, 0.3) is 0 Å². The predicted molar refractivity (Wildman–Crippen MR) is 63.8 cm³/mol. The monoisotopic (exact) mass is 240 g/mol. The molecule has 0 spiro atoms. The lowest BCUT2D eigenvalue weighted by Gasteiger charge is -2.03. The largest absolute Gasteiger partial charge is 0.481 e. The van der Waals surface area contributed by atoms with Crippen LogP contribution in [0.4, 0.5) is 0 Å². The van der Waals surface area contributed by atoms with Gasteiger partial charge in [0, 0.05) is 18.5 Å².